The molecule has 0 aliphatic rings. The first kappa shape index (κ1) is 8.74. The highest BCUT2D eigenvalue weighted by atomic mass is 33.1. The van der Waals surface area contributed by atoms with Crippen molar-refractivity contribution in [3.63, 3.8) is 0 Å². The minimum absolute atomic E-state index is 0.204. The van der Waals surface area contributed by atoms with Gasteiger partial charge in [-0.05, 0) is 24.5 Å². The molecular formula is C7H8FNS2. The van der Waals surface area contributed by atoms with Crippen LogP contribution in [0.5, 0.6) is 0 Å². The third kappa shape index (κ3) is 2.31. The van der Waals surface area contributed by atoms with Gasteiger partial charge in [-0.3, -0.25) is 0 Å². The van der Waals surface area contributed by atoms with Crippen molar-refractivity contribution < 1.29 is 4.39 Å². The summed E-state index contributed by atoms with van der Waals surface area (Å²) in [5.41, 5.74) is 5.50. The molecule has 11 heavy (non-hydrogen) atoms. The van der Waals surface area contributed by atoms with Gasteiger partial charge in [-0.15, -0.1) is 0 Å². The number of nitrogen functional groups attached to an aromatic ring is 1. The molecule has 60 valence electrons. The monoisotopic (exact) mass is 189 g/mol. The second kappa shape index (κ2) is 3.88. The van der Waals surface area contributed by atoms with Crippen molar-refractivity contribution >= 4 is 27.3 Å². The molecule has 0 fully saturated rings. The van der Waals surface area contributed by atoms with Gasteiger partial charge in [0.1, 0.15) is 5.82 Å². The van der Waals surface area contributed by atoms with Crippen LogP contribution < -0.4 is 5.73 Å². The van der Waals surface area contributed by atoms with Gasteiger partial charge in [0.25, 0.3) is 0 Å². The number of anilines is 1. The minimum atomic E-state index is -0.343. The molecule has 1 aromatic carbocycles. The number of rotatable bonds is 2. The van der Waals surface area contributed by atoms with Crippen molar-refractivity contribution in [3.8, 4) is 0 Å². The van der Waals surface area contributed by atoms with E-state index in [0.29, 0.717) is 0 Å². The lowest BCUT2D eigenvalue weighted by Crippen LogP contribution is -1.88. The van der Waals surface area contributed by atoms with E-state index in [4.69, 9.17) is 5.73 Å². The Morgan fingerprint density at radius 2 is 2.18 bits per heavy atom. The molecule has 0 atom stereocenters. The maximum Gasteiger partial charge on any atom is 0.147 e. The van der Waals surface area contributed by atoms with E-state index in [2.05, 4.69) is 0 Å². The molecule has 0 aromatic heterocycles. The number of hydrogen-bond donors (Lipinski definition) is 1. The molecule has 0 saturated heterocycles. The second-order valence-corrected chi connectivity index (χ2v) is 4.40. The molecule has 2 N–H and O–H groups in total. The summed E-state index contributed by atoms with van der Waals surface area (Å²) in [6.07, 6.45) is 1.94. The Bertz CT molecular complexity index is 252. The van der Waals surface area contributed by atoms with Crippen LogP contribution in [0.3, 0.4) is 0 Å². The molecule has 4 heteroatoms. The van der Waals surface area contributed by atoms with E-state index >= 15 is 0 Å². The van der Waals surface area contributed by atoms with Crippen LogP contribution in [0.1, 0.15) is 0 Å². The van der Waals surface area contributed by atoms with Crippen molar-refractivity contribution in [3.05, 3.63) is 24.0 Å². The van der Waals surface area contributed by atoms with E-state index in [1.54, 1.807) is 22.9 Å². The largest absolute Gasteiger partial charge is 0.396 e. The summed E-state index contributed by atoms with van der Waals surface area (Å²) in [7, 11) is 3.10. The highest BCUT2D eigenvalue weighted by Gasteiger charge is 1.98. The van der Waals surface area contributed by atoms with Crippen LogP contribution >= 0.6 is 21.6 Å². The van der Waals surface area contributed by atoms with Crippen molar-refractivity contribution in [2.45, 2.75) is 4.90 Å². The average molecular weight is 189 g/mol. The van der Waals surface area contributed by atoms with Gasteiger partial charge < -0.3 is 5.73 Å². The summed E-state index contributed by atoms with van der Waals surface area (Å²) in [6, 6.07) is 4.82. The van der Waals surface area contributed by atoms with Gasteiger partial charge in [0.15, 0.2) is 0 Å². The molecule has 0 spiro atoms. The fourth-order valence-corrected chi connectivity index (χ4v) is 2.01. The SMILES string of the molecule is CSSc1ccc(N)c(F)c1. The van der Waals surface area contributed by atoms with E-state index in [1.165, 1.54) is 16.9 Å². The second-order valence-electron chi connectivity index (χ2n) is 1.93. The lowest BCUT2D eigenvalue weighted by molar-refractivity contribution is 0.629. The molecule has 1 aromatic rings. The Morgan fingerprint density at radius 1 is 1.45 bits per heavy atom. The topological polar surface area (TPSA) is 26.0 Å². The molecule has 0 unspecified atom stereocenters. The Morgan fingerprint density at radius 3 is 2.73 bits per heavy atom. The first-order valence-corrected chi connectivity index (χ1v) is 5.55. The molecule has 0 amide bonds. The number of hydrogen-bond acceptors (Lipinski definition) is 3. The lowest BCUT2D eigenvalue weighted by Gasteiger charge is -1.99. The van der Waals surface area contributed by atoms with Gasteiger partial charge in [-0.1, -0.05) is 21.6 Å². The Kier molecular flexibility index (Phi) is 3.08. The zero-order valence-corrected chi connectivity index (χ0v) is 7.64. The molecule has 0 saturated carbocycles. The van der Waals surface area contributed by atoms with Crippen LogP contribution in [0.15, 0.2) is 23.1 Å². The van der Waals surface area contributed by atoms with Crippen LogP contribution in [-0.4, -0.2) is 6.26 Å². The van der Waals surface area contributed by atoms with Gasteiger partial charge in [0.2, 0.25) is 0 Å². The number of benzene rings is 1. The van der Waals surface area contributed by atoms with Crippen LogP contribution in [0.4, 0.5) is 10.1 Å². The van der Waals surface area contributed by atoms with E-state index in [0.717, 1.165) is 4.90 Å². The molecule has 0 heterocycles. The normalized spacial score (nSPS) is 10.0. The molecule has 1 nitrogen and oxygen atoms in total. The summed E-state index contributed by atoms with van der Waals surface area (Å²) in [5, 5.41) is 0. The summed E-state index contributed by atoms with van der Waals surface area (Å²) in [5.74, 6) is -0.343. The molecule has 0 aliphatic carbocycles. The predicted octanol–water partition coefficient (Wildman–Crippen LogP) is 2.78. The third-order valence-corrected chi connectivity index (χ3v) is 2.84. The summed E-state index contributed by atoms with van der Waals surface area (Å²) in [6.45, 7) is 0. The first-order valence-electron chi connectivity index (χ1n) is 2.99. The Balaban J connectivity index is 2.86. The Hall–Kier alpha value is -0.350. The van der Waals surface area contributed by atoms with E-state index in [1.807, 2.05) is 6.26 Å². The maximum atomic E-state index is 12.8. The van der Waals surface area contributed by atoms with Gasteiger partial charge >= 0.3 is 0 Å². The van der Waals surface area contributed by atoms with Gasteiger partial charge in [-0.2, -0.15) is 0 Å². The third-order valence-electron chi connectivity index (χ3n) is 1.15. The highest BCUT2D eigenvalue weighted by Crippen LogP contribution is 2.29. The summed E-state index contributed by atoms with van der Waals surface area (Å²) >= 11 is 0. The zero-order chi connectivity index (χ0) is 8.27. The quantitative estimate of drug-likeness (QED) is 0.572. The van der Waals surface area contributed by atoms with Crippen LogP contribution in [0.2, 0.25) is 0 Å². The fourth-order valence-electron chi connectivity index (χ4n) is 0.656. The highest BCUT2D eigenvalue weighted by molar-refractivity contribution is 8.76. The minimum Gasteiger partial charge on any atom is -0.396 e. The molecule has 0 radical (unpaired) electrons. The van der Waals surface area contributed by atoms with Crippen molar-refractivity contribution in [1.29, 1.82) is 0 Å². The summed E-state index contributed by atoms with van der Waals surface area (Å²) in [4.78, 5) is 0.893. The van der Waals surface area contributed by atoms with Gasteiger partial charge in [0.05, 0.1) is 5.69 Å². The van der Waals surface area contributed by atoms with Crippen LogP contribution in [-0.2, 0) is 0 Å². The standard InChI is InChI=1S/C7H8FNS2/c1-10-11-5-2-3-7(9)6(8)4-5/h2-4H,9H2,1H3. The van der Waals surface area contributed by atoms with Gasteiger partial charge in [-0.25, -0.2) is 4.39 Å². The zero-order valence-electron chi connectivity index (χ0n) is 6.00. The Labute approximate surface area is 72.9 Å². The smallest absolute Gasteiger partial charge is 0.147 e. The lowest BCUT2D eigenvalue weighted by atomic mass is 10.3. The van der Waals surface area contributed by atoms with Crippen molar-refractivity contribution in [1.82, 2.24) is 0 Å². The predicted molar refractivity (Wildman–Crippen MR) is 50.2 cm³/mol. The molecule has 1 rings (SSSR count). The maximum absolute atomic E-state index is 12.8. The summed E-state index contributed by atoms with van der Waals surface area (Å²) < 4.78 is 12.8. The first-order chi connectivity index (χ1) is 5.24. The van der Waals surface area contributed by atoms with Crippen LogP contribution in [0.25, 0.3) is 0 Å². The molecular weight excluding hydrogens is 181 g/mol. The van der Waals surface area contributed by atoms with Crippen molar-refractivity contribution in [2.24, 2.45) is 0 Å². The molecule has 0 bridgehead atoms. The number of nitrogens with two attached hydrogens (primary N) is 1. The van der Waals surface area contributed by atoms with Crippen molar-refractivity contribution in [2.75, 3.05) is 12.0 Å². The number of halogens is 1. The average Bonchev–Trinajstić information content (AvgIpc) is 1.98. The van der Waals surface area contributed by atoms with E-state index in [-0.39, 0.29) is 11.5 Å². The fraction of sp³-hybridized carbons (Fsp3) is 0.143. The van der Waals surface area contributed by atoms with Crippen LogP contribution in [0, 0.1) is 5.82 Å². The van der Waals surface area contributed by atoms with Gasteiger partial charge in [0, 0.05) is 4.90 Å². The van der Waals surface area contributed by atoms with E-state index < -0.39 is 0 Å². The van der Waals surface area contributed by atoms with E-state index in [9.17, 15) is 4.39 Å². The molecule has 0 aliphatic heterocycles.